The Labute approximate surface area is 89.1 Å². The van der Waals surface area contributed by atoms with Crippen LogP contribution in [0.4, 0.5) is 10.5 Å². The number of carbonyl (C=O) groups is 1. The van der Waals surface area contributed by atoms with Crippen LogP contribution < -0.4 is 16.0 Å². The van der Waals surface area contributed by atoms with E-state index in [0.717, 1.165) is 30.8 Å². The Bertz CT molecular complexity index is 347. The van der Waals surface area contributed by atoms with E-state index in [1.807, 2.05) is 24.3 Å². The molecule has 2 rings (SSSR count). The third kappa shape index (κ3) is 2.10. The highest BCUT2D eigenvalue weighted by atomic mass is 16.2. The fourth-order valence-corrected chi connectivity index (χ4v) is 1.69. The molecule has 4 nitrogen and oxygen atoms in total. The molecule has 3 N–H and O–H groups in total. The lowest BCUT2D eigenvalue weighted by atomic mass is 10.2. The maximum absolute atomic E-state index is 11.5. The number of hydrogen-bond acceptors (Lipinski definition) is 2. The molecule has 0 saturated carbocycles. The van der Waals surface area contributed by atoms with Gasteiger partial charge < -0.3 is 11.1 Å². The van der Waals surface area contributed by atoms with Crippen molar-refractivity contribution >= 4 is 11.7 Å². The molecular formula is C11H15N3O. The number of carbonyl (C=O) groups excluding carboxylic acids is 1. The van der Waals surface area contributed by atoms with Crippen LogP contribution in [-0.4, -0.2) is 19.1 Å². The van der Waals surface area contributed by atoms with Gasteiger partial charge in [-0.2, -0.15) is 0 Å². The Balaban J connectivity index is 2.17. The highest BCUT2D eigenvalue weighted by molar-refractivity contribution is 5.92. The Hall–Kier alpha value is -1.55. The minimum absolute atomic E-state index is 0.0123. The van der Waals surface area contributed by atoms with Crippen molar-refractivity contribution in [3.8, 4) is 0 Å². The lowest BCUT2D eigenvalue weighted by molar-refractivity contribution is 0.243. The molecule has 4 heteroatoms. The molecule has 80 valence electrons. The second kappa shape index (κ2) is 4.31. The van der Waals surface area contributed by atoms with Crippen molar-refractivity contribution < 1.29 is 4.79 Å². The van der Waals surface area contributed by atoms with E-state index in [1.54, 1.807) is 4.90 Å². The standard InChI is InChI=1S/C11H15N3O/c12-8-9-2-4-10(5-3-9)14-7-1-6-13-11(14)15/h2-5H,1,6-8,12H2,(H,13,15). The normalized spacial score (nSPS) is 16.3. The summed E-state index contributed by atoms with van der Waals surface area (Å²) in [5.41, 5.74) is 7.53. The quantitative estimate of drug-likeness (QED) is 0.758. The first kappa shape index (κ1) is 9.98. The van der Waals surface area contributed by atoms with E-state index in [2.05, 4.69) is 5.32 Å². The molecule has 1 aromatic carbocycles. The first-order chi connectivity index (χ1) is 7.31. The van der Waals surface area contributed by atoms with Gasteiger partial charge in [0.05, 0.1) is 0 Å². The predicted octanol–water partition coefficient (Wildman–Crippen LogP) is 1.06. The van der Waals surface area contributed by atoms with E-state index in [4.69, 9.17) is 5.73 Å². The third-order valence-electron chi connectivity index (χ3n) is 2.56. The second-order valence-corrected chi connectivity index (χ2v) is 3.61. The van der Waals surface area contributed by atoms with Crippen LogP contribution in [0.2, 0.25) is 0 Å². The smallest absolute Gasteiger partial charge is 0.321 e. The molecule has 1 aliphatic rings. The van der Waals surface area contributed by atoms with Gasteiger partial charge in [-0.05, 0) is 24.1 Å². The van der Waals surface area contributed by atoms with E-state index >= 15 is 0 Å². The monoisotopic (exact) mass is 205 g/mol. The topological polar surface area (TPSA) is 58.4 Å². The zero-order chi connectivity index (χ0) is 10.7. The number of rotatable bonds is 2. The van der Waals surface area contributed by atoms with E-state index in [0.29, 0.717) is 6.54 Å². The summed E-state index contributed by atoms with van der Waals surface area (Å²) in [4.78, 5) is 13.3. The van der Waals surface area contributed by atoms with E-state index in [9.17, 15) is 4.79 Å². The number of benzene rings is 1. The first-order valence-electron chi connectivity index (χ1n) is 5.15. The van der Waals surface area contributed by atoms with Gasteiger partial charge in [0.1, 0.15) is 0 Å². The van der Waals surface area contributed by atoms with Gasteiger partial charge in [-0.25, -0.2) is 4.79 Å². The summed E-state index contributed by atoms with van der Waals surface area (Å²) in [6.07, 6.45) is 0.990. The molecule has 0 aliphatic carbocycles. The Kier molecular flexibility index (Phi) is 2.87. The van der Waals surface area contributed by atoms with Gasteiger partial charge in [-0.3, -0.25) is 4.90 Å². The van der Waals surface area contributed by atoms with Gasteiger partial charge in [-0.1, -0.05) is 12.1 Å². The molecule has 0 aromatic heterocycles. The fourth-order valence-electron chi connectivity index (χ4n) is 1.69. The molecule has 2 amide bonds. The van der Waals surface area contributed by atoms with Crippen LogP contribution in [0.15, 0.2) is 24.3 Å². The molecule has 1 fully saturated rings. The van der Waals surface area contributed by atoms with Gasteiger partial charge in [0.25, 0.3) is 0 Å². The Morgan fingerprint density at radius 3 is 2.67 bits per heavy atom. The number of urea groups is 1. The van der Waals surface area contributed by atoms with Crippen molar-refractivity contribution in [3.05, 3.63) is 29.8 Å². The Morgan fingerprint density at radius 1 is 1.33 bits per heavy atom. The van der Waals surface area contributed by atoms with Crippen molar-refractivity contribution in [3.63, 3.8) is 0 Å². The molecule has 0 spiro atoms. The van der Waals surface area contributed by atoms with Crippen molar-refractivity contribution in [2.75, 3.05) is 18.0 Å². The summed E-state index contributed by atoms with van der Waals surface area (Å²) in [5.74, 6) is 0. The van der Waals surface area contributed by atoms with Crippen molar-refractivity contribution in [1.82, 2.24) is 5.32 Å². The van der Waals surface area contributed by atoms with Crippen LogP contribution in [0.1, 0.15) is 12.0 Å². The molecule has 0 bridgehead atoms. The lowest BCUT2D eigenvalue weighted by Crippen LogP contribution is -2.46. The minimum atomic E-state index is -0.0123. The van der Waals surface area contributed by atoms with Crippen LogP contribution in [0, 0.1) is 0 Å². The van der Waals surface area contributed by atoms with Crippen LogP contribution in [-0.2, 0) is 6.54 Å². The highest BCUT2D eigenvalue weighted by Crippen LogP contribution is 2.17. The summed E-state index contributed by atoms with van der Waals surface area (Å²) < 4.78 is 0. The molecule has 1 aromatic rings. The third-order valence-corrected chi connectivity index (χ3v) is 2.56. The van der Waals surface area contributed by atoms with Crippen molar-refractivity contribution in [2.24, 2.45) is 5.73 Å². The fraction of sp³-hybridized carbons (Fsp3) is 0.364. The number of nitrogens with one attached hydrogen (secondary N) is 1. The summed E-state index contributed by atoms with van der Waals surface area (Å²) in [5, 5.41) is 2.82. The van der Waals surface area contributed by atoms with Crippen LogP contribution in [0.25, 0.3) is 0 Å². The van der Waals surface area contributed by atoms with Gasteiger partial charge >= 0.3 is 6.03 Å². The molecule has 0 unspecified atom stereocenters. The molecule has 0 radical (unpaired) electrons. The predicted molar refractivity (Wildman–Crippen MR) is 59.7 cm³/mol. The number of amides is 2. The van der Waals surface area contributed by atoms with Gasteiger partial charge in [0.2, 0.25) is 0 Å². The molecule has 1 aliphatic heterocycles. The number of nitrogens with two attached hydrogens (primary N) is 1. The lowest BCUT2D eigenvalue weighted by Gasteiger charge is -2.27. The number of hydrogen-bond donors (Lipinski definition) is 2. The average molecular weight is 205 g/mol. The molecular weight excluding hydrogens is 190 g/mol. The SMILES string of the molecule is NCc1ccc(N2CCCNC2=O)cc1. The summed E-state index contributed by atoms with van der Waals surface area (Å²) in [6, 6.07) is 7.77. The van der Waals surface area contributed by atoms with E-state index < -0.39 is 0 Å². The average Bonchev–Trinajstić information content (AvgIpc) is 2.30. The van der Waals surface area contributed by atoms with Crippen molar-refractivity contribution in [1.29, 1.82) is 0 Å². The highest BCUT2D eigenvalue weighted by Gasteiger charge is 2.18. The minimum Gasteiger partial charge on any atom is -0.338 e. The first-order valence-corrected chi connectivity index (χ1v) is 5.15. The van der Waals surface area contributed by atoms with Crippen LogP contribution >= 0.6 is 0 Å². The van der Waals surface area contributed by atoms with Gasteiger partial charge in [0.15, 0.2) is 0 Å². The molecule has 1 heterocycles. The largest absolute Gasteiger partial charge is 0.338 e. The van der Waals surface area contributed by atoms with E-state index in [1.165, 1.54) is 0 Å². The summed E-state index contributed by atoms with van der Waals surface area (Å²) in [7, 11) is 0. The molecule has 15 heavy (non-hydrogen) atoms. The van der Waals surface area contributed by atoms with Gasteiger partial charge in [-0.15, -0.1) is 0 Å². The Morgan fingerprint density at radius 2 is 2.07 bits per heavy atom. The zero-order valence-electron chi connectivity index (χ0n) is 8.57. The summed E-state index contributed by atoms with van der Waals surface area (Å²) in [6.45, 7) is 2.09. The maximum atomic E-state index is 11.5. The van der Waals surface area contributed by atoms with E-state index in [-0.39, 0.29) is 6.03 Å². The zero-order valence-corrected chi connectivity index (χ0v) is 8.57. The van der Waals surface area contributed by atoms with Crippen LogP contribution in [0.5, 0.6) is 0 Å². The van der Waals surface area contributed by atoms with Gasteiger partial charge in [0, 0.05) is 25.3 Å². The molecule has 0 atom stereocenters. The summed E-state index contributed by atoms with van der Waals surface area (Å²) >= 11 is 0. The molecule has 1 saturated heterocycles. The number of nitrogens with zero attached hydrogens (tertiary/aromatic N) is 1. The number of anilines is 1. The maximum Gasteiger partial charge on any atom is 0.321 e. The second-order valence-electron chi connectivity index (χ2n) is 3.61. The van der Waals surface area contributed by atoms with Crippen molar-refractivity contribution in [2.45, 2.75) is 13.0 Å². The van der Waals surface area contributed by atoms with Crippen LogP contribution in [0.3, 0.4) is 0 Å².